The lowest BCUT2D eigenvalue weighted by Crippen LogP contribution is -2.43. The molecule has 0 unspecified atom stereocenters. The molecule has 3 heterocycles. The molecule has 1 amide bonds. The number of nitrogens with zero attached hydrogens (tertiary/aromatic N) is 3. The first kappa shape index (κ1) is 23.4. The predicted molar refractivity (Wildman–Crippen MR) is 140 cm³/mol. The van der Waals surface area contributed by atoms with Crippen molar-refractivity contribution in [1.82, 2.24) is 14.8 Å². The molecule has 0 bridgehead atoms. The van der Waals surface area contributed by atoms with E-state index in [1.165, 1.54) is 0 Å². The molecule has 180 valence electrons. The molecular weight excluding hydrogens is 458 g/mol. The SMILES string of the molecule is Cc1cnc(C2CCN(C(=O)CN3CCC=C(c4cccc(Cl)c4)C=C3c3ccccc3)CC2)o1. The molecular formula is C29H30ClN3O2. The van der Waals surface area contributed by atoms with Gasteiger partial charge in [0, 0.05) is 36.3 Å². The highest BCUT2D eigenvalue weighted by atomic mass is 35.5. The van der Waals surface area contributed by atoms with E-state index >= 15 is 0 Å². The van der Waals surface area contributed by atoms with Crippen molar-refractivity contribution in [3.8, 4) is 0 Å². The Labute approximate surface area is 211 Å². The molecule has 2 aromatic carbocycles. The molecule has 5 rings (SSSR count). The molecule has 0 spiro atoms. The van der Waals surface area contributed by atoms with E-state index in [1.807, 2.05) is 48.2 Å². The van der Waals surface area contributed by atoms with E-state index in [-0.39, 0.29) is 11.8 Å². The van der Waals surface area contributed by atoms with Crippen molar-refractivity contribution >= 4 is 28.8 Å². The first-order valence-corrected chi connectivity index (χ1v) is 12.6. The van der Waals surface area contributed by atoms with Crippen LogP contribution >= 0.6 is 11.6 Å². The van der Waals surface area contributed by atoms with Crippen LogP contribution in [0.25, 0.3) is 11.3 Å². The molecule has 35 heavy (non-hydrogen) atoms. The van der Waals surface area contributed by atoms with Crippen molar-refractivity contribution in [2.75, 3.05) is 26.2 Å². The van der Waals surface area contributed by atoms with Gasteiger partial charge in [0.1, 0.15) is 5.76 Å². The fraction of sp³-hybridized carbons (Fsp3) is 0.310. The zero-order valence-corrected chi connectivity index (χ0v) is 20.7. The third kappa shape index (κ3) is 5.51. The van der Waals surface area contributed by atoms with Crippen LogP contribution in [0.4, 0.5) is 0 Å². The molecule has 1 aromatic heterocycles. The molecule has 0 radical (unpaired) electrons. The number of hydrogen-bond donors (Lipinski definition) is 0. The van der Waals surface area contributed by atoms with E-state index in [0.717, 1.165) is 78.0 Å². The fourth-order valence-corrected chi connectivity index (χ4v) is 5.09. The van der Waals surface area contributed by atoms with E-state index in [9.17, 15) is 4.79 Å². The van der Waals surface area contributed by atoms with Gasteiger partial charge in [0.15, 0.2) is 5.89 Å². The maximum absolute atomic E-state index is 13.4. The van der Waals surface area contributed by atoms with Crippen LogP contribution in [0.5, 0.6) is 0 Å². The number of carbonyl (C=O) groups excluding carboxylic acids is 1. The van der Waals surface area contributed by atoms with Gasteiger partial charge in [-0.25, -0.2) is 4.98 Å². The molecule has 6 heteroatoms. The number of rotatable bonds is 5. The van der Waals surface area contributed by atoms with Crippen LogP contribution in [0.15, 0.2) is 77.4 Å². The van der Waals surface area contributed by atoms with Gasteiger partial charge < -0.3 is 14.2 Å². The summed E-state index contributed by atoms with van der Waals surface area (Å²) in [6.45, 7) is 4.52. The first-order chi connectivity index (χ1) is 17.1. The van der Waals surface area contributed by atoms with Crippen molar-refractivity contribution in [3.63, 3.8) is 0 Å². The lowest BCUT2D eigenvalue weighted by Gasteiger charge is -2.33. The molecule has 2 aliphatic heterocycles. The Morgan fingerprint density at radius 1 is 1.06 bits per heavy atom. The van der Waals surface area contributed by atoms with Gasteiger partial charge in [-0.15, -0.1) is 0 Å². The quantitative estimate of drug-likeness (QED) is 0.431. The average Bonchev–Trinajstić information content (AvgIpc) is 3.21. The molecule has 2 aliphatic rings. The number of benzene rings is 2. The summed E-state index contributed by atoms with van der Waals surface area (Å²) in [7, 11) is 0. The number of carbonyl (C=O) groups is 1. The number of amides is 1. The zero-order valence-electron chi connectivity index (χ0n) is 20.0. The van der Waals surface area contributed by atoms with Crippen molar-refractivity contribution in [3.05, 3.63) is 101 Å². The summed E-state index contributed by atoms with van der Waals surface area (Å²) in [5.41, 5.74) is 4.38. The Balaban J connectivity index is 1.33. The van der Waals surface area contributed by atoms with Crippen molar-refractivity contribution in [1.29, 1.82) is 0 Å². The van der Waals surface area contributed by atoms with Crippen LogP contribution < -0.4 is 0 Å². The Hall–Kier alpha value is -3.31. The Bertz CT molecular complexity index is 1240. The molecule has 0 saturated carbocycles. The third-order valence-electron chi connectivity index (χ3n) is 6.79. The van der Waals surface area contributed by atoms with Gasteiger partial charge in [0.2, 0.25) is 5.91 Å². The van der Waals surface area contributed by atoms with E-state index < -0.39 is 0 Å². The number of allylic oxidation sites excluding steroid dienone is 2. The Morgan fingerprint density at radius 3 is 2.54 bits per heavy atom. The number of hydrogen-bond acceptors (Lipinski definition) is 4. The summed E-state index contributed by atoms with van der Waals surface area (Å²) >= 11 is 6.27. The number of likely N-dealkylation sites (tertiary alicyclic amines) is 1. The second-order valence-electron chi connectivity index (χ2n) is 9.24. The van der Waals surface area contributed by atoms with E-state index in [4.69, 9.17) is 16.0 Å². The van der Waals surface area contributed by atoms with Gasteiger partial charge in [-0.1, -0.05) is 60.1 Å². The number of aryl methyl sites for hydroxylation is 1. The summed E-state index contributed by atoms with van der Waals surface area (Å²) in [6, 6.07) is 18.2. The predicted octanol–water partition coefficient (Wildman–Crippen LogP) is 6.17. The molecule has 0 N–H and O–H groups in total. The summed E-state index contributed by atoms with van der Waals surface area (Å²) in [6.07, 6.45) is 8.82. The van der Waals surface area contributed by atoms with Gasteiger partial charge in [-0.05, 0) is 61.1 Å². The molecule has 0 aliphatic carbocycles. The molecule has 5 nitrogen and oxygen atoms in total. The van der Waals surface area contributed by atoms with Crippen LogP contribution in [-0.4, -0.2) is 46.9 Å². The number of aromatic nitrogens is 1. The Morgan fingerprint density at radius 2 is 1.83 bits per heavy atom. The molecule has 0 atom stereocenters. The van der Waals surface area contributed by atoms with Crippen LogP contribution in [0.3, 0.4) is 0 Å². The monoisotopic (exact) mass is 487 g/mol. The van der Waals surface area contributed by atoms with Gasteiger partial charge in [0.25, 0.3) is 0 Å². The summed E-state index contributed by atoms with van der Waals surface area (Å²) in [5.74, 6) is 2.09. The average molecular weight is 488 g/mol. The van der Waals surface area contributed by atoms with Gasteiger partial charge in [-0.3, -0.25) is 4.79 Å². The summed E-state index contributed by atoms with van der Waals surface area (Å²) < 4.78 is 5.73. The topological polar surface area (TPSA) is 49.6 Å². The minimum atomic E-state index is 0.167. The van der Waals surface area contributed by atoms with Gasteiger partial charge >= 0.3 is 0 Å². The van der Waals surface area contributed by atoms with Crippen LogP contribution in [0.2, 0.25) is 5.02 Å². The highest BCUT2D eigenvalue weighted by Crippen LogP contribution is 2.31. The third-order valence-corrected chi connectivity index (χ3v) is 7.02. The van der Waals surface area contributed by atoms with E-state index in [1.54, 1.807) is 6.20 Å². The highest BCUT2D eigenvalue weighted by molar-refractivity contribution is 6.30. The standard InChI is InChI=1S/C29H30ClN3O2/c1-21-19-31-29(35-21)23-12-15-32(16-13-23)28(34)20-33-14-6-10-25(24-9-5-11-26(30)17-24)18-27(33)22-7-3-2-4-8-22/h2-5,7-11,17-19,23H,6,12-16,20H2,1H3. The molecule has 1 fully saturated rings. The fourth-order valence-electron chi connectivity index (χ4n) is 4.90. The van der Waals surface area contributed by atoms with Crippen LogP contribution in [0.1, 0.15) is 48.0 Å². The zero-order chi connectivity index (χ0) is 24.2. The number of oxazole rings is 1. The smallest absolute Gasteiger partial charge is 0.242 e. The number of piperidine rings is 1. The largest absolute Gasteiger partial charge is 0.446 e. The van der Waals surface area contributed by atoms with Gasteiger partial charge in [0.05, 0.1) is 12.7 Å². The van der Waals surface area contributed by atoms with Crippen LogP contribution in [0, 0.1) is 6.92 Å². The lowest BCUT2D eigenvalue weighted by atomic mass is 9.96. The minimum Gasteiger partial charge on any atom is -0.446 e. The van der Waals surface area contributed by atoms with Crippen molar-refractivity contribution < 1.29 is 9.21 Å². The molecule has 3 aromatic rings. The second kappa shape index (κ2) is 10.5. The van der Waals surface area contributed by atoms with E-state index in [0.29, 0.717) is 6.54 Å². The lowest BCUT2D eigenvalue weighted by molar-refractivity contribution is -0.132. The van der Waals surface area contributed by atoms with E-state index in [2.05, 4.69) is 40.2 Å². The summed E-state index contributed by atoms with van der Waals surface area (Å²) in [4.78, 5) is 22.0. The minimum absolute atomic E-state index is 0.167. The normalized spacial score (nSPS) is 17.1. The van der Waals surface area contributed by atoms with Crippen molar-refractivity contribution in [2.45, 2.75) is 32.1 Å². The van der Waals surface area contributed by atoms with Crippen LogP contribution in [-0.2, 0) is 4.79 Å². The summed E-state index contributed by atoms with van der Waals surface area (Å²) in [5, 5.41) is 0.720. The van der Waals surface area contributed by atoms with Gasteiger partial charge in [-0.2, -0.15) is 0 Å². The Kier molecular flexibility index (Phi) is 7.05. The maximum Gasteiger partial charge on any atom is 0.242 e. The van der Waals surface area contributed by atoms with Crippen molar-refractivity contribution in [2.24, 2.45) is 0 Å². The molecule has 1 saturated heterocycles. The number of halogens is 1. The highest BCUT2D eigenvalue weighted by Gasteiger charge is 2.28. The first-order valence-electron chi connectivity index (χ1n) is 12.2. The second-order valence-corrected chi connectivity index (χ2v) is 9.68. The maximum atomic E-state index is 13.4.